The molecule has 0 spiro atoms. The van der Waals surface area contributed by atoms with Crippen LogP contribution in [0.2, 0.25) is 0 Å². The number of hydrogen-bond donors (Lipinski definition) is 1. The zero-order valence-corrected chi connectivity index (χ0v) is 13.2. The number of aliphatic hydroxyl groups excluding tert-OH is 1. The summed E-state index contributed by atoms with van der Waals surface area (Å²) in [4.78, 5) is 12.5. The molecule has 2 aliphatic carbocycles. The topological polar surface area (TPSA) is 55.8 Å². The molecule has 2 bridgehead atoms. The number of methoxy groups -OCH3 is 1. The summed E-state index contributed by atoms with van der Waals surface area (Å²) in [6.07, 6.45) is 4.25. The summed E-state index contributed by atoms with van der Waals surface area (Å²) in [6, 6.07) is 7.27. The maximum Gasteiger partial charge on any atom is 0.172 e. The minimum atomic E-state index is -0.839. The maximum absolute atomic E-state index is 12.5. The molecule has 2 saturated carbocycles. The number of allylic oxidation sites excluding steroid dienone is 1. The van der Waals surface area contributed by atoms with Gasteiger partial charge in [0.2, 0.25) is 0 Å². The van der Waals surface area contributed by atoms with Crippen LogP contribution < -0.4 is 9.47 Å². The molecule has 0 unspecified atom stereocenters. The van der Waals surface area contributed by atoms with Crippen LogP contribution in [0.25, 0.3) is 0 Å². The van der Waals surface area contributed by atoms with Crippen molar-refractivity contribution in [1.29, 1.82) is 0 Å². The van der Waals surface area contributed by atoms with Gasteiger partial charge in [0, 0.05) is 0 Å². The number of hydrogen-bond acceptors (Lipinski definition) is 4. The molecule has 0 aliphatic heterocycles. The molecule has 0 saturated heterocycles. The lowest BCUT2D eigenvalue weighted by Crippen LogP contribution is -2.36. The number of aliphatic hydroxyl groups is 1. The highest BCUT2D eigenvalue weighted by molar-refractivity contribution is 5.95. The minimum Gasteiger partial charge on any atom is -0.497 e. The van der Waals surface area contributed by atoms with Crippen molar-refractivity contribution in [2.75, 3.05) is 7.11 Å². The van der Waals surface area contributed by atoms with E-state index in [2.05, 4.69) is 13.8 Å². The van der Waals surface area contributed by atoms with E-state index in [-0.39, 0.29) is 17.1 Å². The van der Waals surface area contributed by atoms with Crippen molar-refractivity contribution in [3.8, 4) is 11.5 Å². The quantitative estimate of drug-likeness (QED) is 0.869. The Balaban J connectivity index is 1.78. The molecule has 4 nitrogen and oxygen atoms in total. The van der Waals surface area contributed by atoms with Gasteiger partial charge in [0.25, 0.3) is 0 Å². The molecule has 0 radical (unpaired) electrons. The second-order valence-corrected chi connectivity index (χ2v) is 6.74. The van der Waals surface area contributed by atoms with Crippen molar-refractivity contribution in [2.24, 2.45) is 16.7 Å². The van der Waals surface area contributed by atoms with Crippen LogP contribution in [0.5, 0.6) is 11.5 Å². The summed E-state index contributed by atoms with van der Waals surface area (Å²) in [5, 5.41) is 10.1. The Kier molecular flexibility index (Phi) is 3.52. The molecule has 1 N–H and O–H groups in total. The summed E-state index contributed by atoms with van der Waals surface area (Å²) in [5.74, 6) is 1.43. The highest BCUT2D eigenvalue weighted by Gasteiger charge is 2.67. The molecule has 1 aromatic carbocycles. The van der Waals surface area contributed by atoms with E-state index in [9.17, 15) is 9.90 Å². The molecule has 22 heavy (non-hydrogen) atoms. The molecule has 2 aliphatic rings. The first-order chi connectivity index (χ1) is 10.4. The molecular weight excluding hydrogens is 280 g/mol. The van der Waals surface area contributed by atoms with E-state index in [0.717, 1.165) is 18.6 Å². The Morgan fingerprint density at radius 1 is 1.23 bits per heavy atom. The molecule has 3 rings (SSSR count). The SMILES string of the molecule is COc1ccc(O/C=C\[C@]23CC[C@H]([C@@H](O)C2=O)C3(C)C)cc1. The lowest BCUT2D eigenvalue weighted by Gasteiger charge is -2.32. The van der Waals surface area contributed by atoms with Crippen LogP contribution in [-0.2, 0) is 4.79 Å². The third-order valence-electron chi connectivity index (χ3n) is 5.63. The summed E-state index contributed by atoms with van der Waals surface area (Å²) in [7, 11) is 1.62. The van der Waals surface area contributed by atoms with Gasteiger partial charge in [-0.05, 0) is 54.5 Å². The number of fused-ring (bicyclic) bond motifs is 2. The number of benzene rings is 1. The van der Waals surface area contributed by atoms with Crippen molar-refractivity contribution in [3.63, 3.8) is 0 Å². The predicted molar refractivity (Wildman–Crippen MR) is 82.7 cm³/mol. The number of ether oxygens (including phenoxy) is 2. The molecular formula is C18H22O4. The van der Waals surface area contributed by atoms with Gasteiger partial charge in [-0.2, -0.15) is 0 Å². The number of carbonyl (C=O) groups excluding carboxylic acids is 1. The third-order valence-corrected chi connectivity index (χ3v) is 5.63. The standard InChI is InChI=1S/C18H22O4/c1-17(2)14-8-9-18(17,16(20)15(14)19)10-11-22-13-6-4-12(21-3)5-7-13/h4-7,10-11,14-15,19H,8-9H2,1-3H3/b11-10-/t14-,15-,18-/m1/s1. The zero-order valence-electron chi connectivity index (χ0n) is 13.2. The van der Waals surface area contributed by atoms with Gasteiger partial charge in [-0.25, -0.2) is 0 Å². The highest BCUT2D eigenvalue weighted by atomic mass is 16.5. The van der Waals surface area contributed by atoms with E-state index in [4.69, 9.17) is 9.47 Å². The monoisotopic (exact) mass is 302 g/mol. The normalized spacial score (nSPS) is 32.6. The molecule has 3 atom stereocenters. The summed E-state index contributed by atoms with van der Waals surface area (Å²) >= 11 is 0. The van der Waals surface area contributed by atoms with Gasteiger partial charge in [0.15, 0.2) is 5.78 Å². The van der Waals surface area contributed by atoms with Crippen LogP contribution in [0, 0.1) is 16.7 Å². The van der Waals surface area contributed by atoms with E-state index in [1.165, 1.54) is 0 Å². The van der Waals surface area contributed by atoms with Crippen LogP contribution in [0.4, 0.5) is 0 Å². The first kappa shape index (κ1) is 15.1. The third kappa shape index (κ3) is 1.97. The van der Waals surface area contributed by atoms with Gasteiger partial charge in [-0.15, -0.1) is 0 Å². The summed E-state index contributed by atoms with van der Waals surface area (Å²) < 4.78 is 10.7. The van der Waals surface area contributed by atoms with Gasteiger partial charge >= 0.3 is 0 Å². The Hall–Kier alpha value is -1.81. The lowest BCUT2D eigenvalue weighted by atomic mass is 9.69. The molecule has 118 valence electrons. The Morgan fingerprint density at radius 3 is 2.41 bits per heavy atom. The number of Topliss-reactive ketones (excluding diaryl/α,β-unsaturated/α-hetero) is 1. The lowest BCUT2D eigenvalue weighted by molar-refractivity contribution is -0.133. The maximum atomic E-state index is 12.5. The molecule has 0 heterocycles. The van der Waals surface area contributed by atoms with Crippen molar-refractivity contribution in [2.45, 2.75) is 32.8 Å². The van der Waals surface area contributed by atoms with E-state index < -0.39 is 11.5 Å². The number of carbonyl (C=O) groups is 1. The van der Waals surface area contributed by atoms with Crippen LogP contribution in [0.1, 0.15) is 26.7 Å². The number of rotatable bonds is 4. The van der Waals surface area contributed by atoms with E-state index in [1.54, 1.807) is 13.4 Å². The van der Waals surface area contributed by atoms with Gasteiger partial charge in [-0.3, -0.25) is 4.79 Å². The highest BCUT2D eigenvalue weighted by Crippen LogP contribution is 2.64. The average Bonchev–Trinajstić information content (AvgIpc) is 2.84. The molecule has 2 fully saturated rings. The van der Waals surface area contributed by atoms with Crippen LogP contribution in [0.3, 0.4) is 0 Å². The summed E-state index contributed by atoms with van der Waals surface area (Å²) in [5.41, 5.74) is -0.840. The Morgan fingerprint density at radius 2 is 1.86 bits per heavy atom. The fraction of sp³-hybridized carbons (Fsp3) is 0.500. The zero-order chi connectivity index (χ0) is 16.0. The summed E-state index contributed by atoms with van der Waals surface area (Å²) in [6.45, 7) is 4.13. The molecule has 0 amide bonds. The van der Waals surface area contributed by atoms with Crippen LogP contribution >= 0.6 is 0 Å². The molecule has 1 aromatic rings. The van der Waals surface area contributed by atoms with E-state index >= 15 is 0 Å². The largest absolute Gasteiger partial charge is 0.497 e. The Labute approximate surface area is 130 Å². The number of ketones is 1. The minimum absolute atomic E-state index is 0.0469. The van der Waals surface area contributed by atoms with Gasteiger partial charge in [0.1, 0.15) is 17.6 Å². The van der Waals surface area contributed by atoms with Crippen molar-refractivity contribution >= 4 is 5.78 Å². The fourth-order valence-corrected chi connectivity index (χ4v) is 4.10. The second-order valence-electron chi connectivity index (χ2n) is 6.74. The molecule has 4 heteroatoms. The van der Waals surface area contributed by atoms with Gasteiger partial charge < -0.3 is 14.6 Å². The molecule has 0 aromatic heterocycles. The smallest absolute Gasteiger partial charge is 0.172 e. The van der Waals surface area contributed by atoms with Crippen molar-refractivity contribution < 1.29 is 19.4 Å². The first-order valence-electron chi connectivity index (χ1n) is 7.63. The van der Waals surface area contributed by atoms with Gasteiger partial charge in [0.05, 0.1) is 18.8 Å². The van der Waals surface area contributed by atoms with Crippen molar-refractivity contribution in [3.05, 3.63) is 36.6 Å². The van der Waals surface area contributed by atoms with Crippen molar-refractivity contribution in [1.82, 2.24) is 0 Å². The Bertz CT molecular complexity index is 602. The van der Waals surface area contributed by atoms with Crippen LogP contribution in [0.15, 0.2) is 36.6 Å². The fourth-order valence-electron chi connectivity index (χ4n) is 4.10. The van der Waals surface area contributed by atoms with Gasteiger partial charge in [-0.1, -0.05) is 13.8 Å². The van der Waals surface area contributed by atoms with E-state index in [0.29, 0.717) is 5.75 Å². The average molecular weight is 302 g/mol. The first-order valence-corrected chi connectivity index (χ1v) is 7.63. The van der Waals surface area contributed by atoms with Crippen LogP contribution in [-0.4, -0.2) is 24.1 Å². The predicted octanol–water partition coefficient (Wildman–Crippen LogP) is 2.95. The van der Waals surface area contributed by atoms with E-state index in [1.807, 2.05) is 30.3 Å². The second kappa shape index (κ2) is 5.13.